The first-order chi connectivity index (χ1) is 9.85. The fraction of sp³-hybridized carbons (Fsp3) is 0.385. The highest BCUT2D eigenvalue weighted by molar-refractivity contribution is 7.91. The summed E-state index contributed by atoms with van der Waals surface area (Å²) in [5.41, 5.74) is 0.288. The standard InChI is InChI=1S/C13H14ClNO5S/c14-10-3-1-9(2-4-10)13(17)20-7-12(16)15-11-5-6-21(18,19)8-11/h1-4,11H,5-8H2,(H,15,16)/t11-/m1/s1. The minimum Gasteiger partial charge on any atom is -0.452 e. The fourth-order valence-corrected chi connectivity index (χ4v) is 3.78. The van der Waals surface area contributed by atoms with Gasteiger partial charge in [-0.25, -0.2) is 13.2 Å². The Bertz CT molecular complexity index is 641. The van der Waals surface area contributed by atoms with Crippen molar-refractivity contribution in [2.75, 3.05) is 18.1 Å². The summed E-state index contributed by atoms with van der Waals surface area (Å²) in [5.74, 6) is -1.15. The molecule has 1 aromatic rings. The SMILES string of the molecule is O=C(COC(=O)c1ccc(Cl)cc1)N[C@@H]1CCS(=O)(=O)C1. The van der Waals surface area contributed by atoms with Crippen LogP contribution in [0.4, 0.5) is 0 Å². The van der Waals surface area contributed by atoms with Gasteiger partial charge in [-0.15, -0.1) is 0 Å². The first-order valence-electron chi connectivity index (χ1n) is 6.28. The molecule has 21 heavy (non-hydrogen) atoms. The van der Waals surface area contributed by atoms with Gasteiger partial charge in [0.25, 0.3) is 5.91 Å². The van der Waals surface area contributed by atoms with E-state index < -0.39 is 34.4 Å². The molecule has 1 aromatic carbocycles. The van der Waals surface area contributed by atoms with E-state index in [1.807, 2.05) is 0 Å². The Labute approximate surface area is 127 Å². The van der Waals surface area contributed by atoms with E-state index in [-0.39, 0.29) is 17.1 Å². The lowest BCUT2D eigenvalue weighted by atomic mass is 10.2. The number of carbonyl (C=O) groups excluding carboxylic acids is 2. The van der Waals surface area contributed by atoms with Crippen LogP contribution in [-0.2, 0) is 19.4 Å². The molecule has 2 rings (SSSR count). The van der Waals surface area contributed by atoms with Gasteiger partial charge in [-0.2, -0.15) is 0 Å². The molecule has 0 spiro atoms. The Hall–Kier alpha value is -1.60. The van der Waals surface area contributed by atoms with Crippen LogP contribution in [-0.4, -0.2) is 44.4 Å². The van der Waals surface area contributed by atoms with Gasteiger partial charge < -0.3 is 10.1 Å². The van der Waals surface area contributed by atoms with Crippen LogP contribution >= 0.6 is 11.6 Å². The molecule has 0 bridgehead atoms. The highest BCUT2D eigenvalue weighted by Crippen LogP contribution is 2.12. The molecule has 0 unspecified atom stereocenters. The lowest BCUT2D eigenvalue weighted by molar-refractivity contribution is -0.124. The zero-order chi connectivity index (χ0) is 15.5. The Balaban J connectivity index is 1.79. The molecule has 1 N–H and O–H groups in total. The highest BCUT2D eigenvalue weighted by atomic mass is 35.5. The summed E-state index contributed by atoms with van der Waals surface area (Å²) < 4.78 is 27.4. The molecule has 114 valence electrons. The van der Waals surface area contributed by atoms with Gasteiger partial charge in [-0.1, -0.05) is 11.6 Å². The maximum atomic E-state index is 11.7. The number of nitrogens with one attached hydrogen (secondary N) is 1. The quantitative estimate of drug-likeness (QED) is 0.824. The maximum absolute atomic E-state index is 11.7. The minimum absolute atomic E-state index is 0.0656. The number of amides is 1. The monoisotopic (exact) mass is 331 g/mol. The highest BCUT2D eigenvalue weighted by Gasteiger charge is 2.29. The Morgan fingerprint density at radius 3 is 2.52 bits per heavy atom. The third-order valence-corrected chi connectivity index (χ3v) is 5.03. The third kappa shape index (κ3) is 4.71. The molecule has 0 aromatic heterocycles. The first kappa shape index (κ1) is 15.8. The number of rotatable bonds is 4. The van der Waals surface area contributed by atoms with Crippen LogP contribution < -0.4 is 5.32 Å². The van der Waals surface area contributed by atoms with Gasteiger partial charge in [-0.05, 0) is 30.7 Å². The molecule has 1 aliphatic rings. The molecule has 1 aliphatic heterocycles. The molecule has 1 atom stereocenters. The average molecular weight is 332 g/mol. The molecular formula is C13H14ClNO5S. The number of sulfone groups is 1. The topological polar surface area (TPSA) is 89.5 Å². The molecule has 6 nitrogen and oxygen atoms in total. The summed E-state index contributed by atoms with van der Waals surface area (Å²) in [4.78, 5) is 23.3. The van der Waals surface area contributed by atoms with Crippen LogP contribution in [0.5, 0.6) is 0 Å². The molecule has 1 saturated heterocycles. The second-order valence-electron chi connectivity index (χ2n) is 4.75. The van der Waals surface area contributed by atoms with Crippen LogP contribution in [0.1, 0.15) is 16.8 Å². The molecule has 0 aliphatic carbocycles. The van der Waals surface area contributed by atoms with E-state index in [1.165, 1.54) is 12.1 Å². The summed E-state index contributed by atoms with van der Waals surface area (Å²) >= 11 is 5.70. The van der Waals surface area contributed by atoms with Crippen molar-refractivity contribution in [3.63, 3.8) is 0 Å². The smallest absolute Gasteiger partial charge is 0.338 e. The fourth-order valence-electron chi connectivity index (χ4n) is 1.98. The van der Waals surface area contributed by atoms with Crippen LogP contribution in [0.15, 0.2) is 24.3 Å². The van der Waals surface area contributed by atoms with E-state index in [9.17, 15) is 18.0 Å². The van der Waals surface area contributed by atoms with Crippen LogP contribution in [0, 0.1) is 0 Å². The maximum Gasteiger partial charge on any atom is 0.338 e. The minimum atomic E-state index is -3.05. The van der Waals surface area contributed by atoms with Gasteiger partial charge in [0.1, 0.15) is 0 Å². The molecule has 1 heterocycles. The van der Waals surface area contributed by atoms with Crippen LogP contribution in [0.25, 0.3) is 0 Å². The Morgan fingerprint density at radius 2 is 1.95 bits per heavy atom. The summed E-state index contributed by atoms with van der Waals surface area (Å²) in [6.45, 7) is -0.446. The predicted octanol–water partition coefficient (Wildman–Crippen LogP) is 0.800. The molecule has 0 radical (unpaired) electrons. The number of esters is 1. The zero-order valence-corrected chi connectivity index (χ0v) is 12.6. The summed E-state index contributed by atoms with van der Waals surface area (Å²) in [5, 5.41) is 3.03. The second-order valence-corrected chi connectivity index (χ2v) is 7.42. The van der Waals surface area contributed by atoms with Crippen molar-refractivity contribution < 1.29 is 22.7 Å². The number of hydrogen-bond acceptors (Lipinski definition) is 5. The summed E-state index contributed by atoms with van der Waals surface area (Å²) in [7, 11) is -3.05. The van der Waals surface area contributed by atoms with Crippen LogP contribution in [0.2, 0.25) is 5.02 Å². The van der Waals surface area contributed by atoms with Gasteiger partial charge in [0, 0.05) is 11.1 Å². The van der Waals surface area contributed by atoms with E-state index in [0.29, 0.717) is 11.4 Å². The lowest BCUT2D eigenvalue weighted by Gasteiger charge is -2.11. The largest absolute Gasteiger partial charge is 0.452 e. The van der Waals surface area contributed by atoms with Crippen molar-refractivity contribution in [1.82, 2.24) is 5.32 Å². The second kappa shape index (κ2) is 6.44. The summed E-state index contributed by atoms with van der Waals surface area (Å²) in [6.07, 6.45) is 0.388. The number of halogens is 1. The van der Waals surface area contributed by atoms with Crippen molar-refractivity contribution >= 4 is 33.3 Å². The zero-order valence-electron chi connectivity index (χ0n) is 11.0. The van der Waals surface area contributed by atoms with Crippen molar-refractivity contribution in [3.8, 4) is 0 Å². The van der Waals surface area contributed by atoms with Gasteiger partial charge in [0.2, 0.25) is 0 Å². The van der Waals surface area contributed by atoms with E-state index in [4.69, 9.17) is 16.3 Å². The van der Waals surface area contributed by atoms with Crippen molar-refractivity contribution in [2.24, 2.45) is 0 Å². The number of benzene rings is 1. The summed E-state index contributed by atoms with van der Waals surface area (Å²) in [6, 6.07) is 5.67. The van der Waals surface area contributed by atoms with E-state index in [1.54, 1.807) is 12.1 Å². The van der Waals surface area contributed by atoms with E-state index in [0.717, 1.165) is 0 Å². The molecule has 0 saturated carbocycles. The lowest BCUT2D eigenvalue weighted by Crippen LogP contribution is -2.38. The van der Waals surface area contributed by atoms with Gasteiger partial charge in [0.05, 0.1) is 17.1 Å². The van der Waals surface area contributed by atoms with Crippen molar-refractivity contribution in [1.29, 1.82) is 0 Å². The van der Waals surface area contributed by atoms with Crippen molar-refractivity contribution in [2.45, 2.75) is 12.5 Å². The van der Waals surface area contributed by atoms with Gasteiger partial charge in [-0.3, -0.25) is 4.79 Å². The average Bonchev–Trinajstić information content (AvgIpc) is 2.76. The number of carbonyl (C=O) groups is 2. The number of hydrogen-bond donors (Lipinski definition) is 1. The molecule has 1 amide bonds. The molecular weight excluding hydrogens is 318 g/mol. The van der Waals surface area contributed by atoms with E-state index >= 15 is 0 Å². The Kier molecular flexibility index (Phi) is 4.84. The third-order valence-electron chi connectivity index (χ3n) is 3.01. The van der Waals surface area contributed by atoms with Crippen LogP contribution in [0.3, 0.4) is 0 Å². The number of ether oxygens (including phenoxy) is 1. The Morgan fingerprint density at radius 1 is 1.29 bits per heavy atom. The van der Waals surface area contributed by atoms with Gasteiger partial charge in [0.15, 0.2) is 16.4 Å². The van der Waals surface area contributed by atoms with Gasteiger partial charge >= 0.3 is 5.97 Å². The van der Waals surface area contributed by atoms with Crippen molar-refractivity contribution in [3.05, 3.63) is 34.9 Å². The predicted molar refractivity (Wildman–Crippen MR) is 76.9 cm³/mol. The molecule has 8 heteroatoms. The first-order valence-corrected chi connectivity index (χ1v) is 8.48. The van der Waals surface area contributed by atoms with E-state index in [2.05, 4.69) is 5.32 Å². The molecule has 1 fully saturated rings. The normalized spacial score (nSPS) is 20.0.